The van der Waals surface area contributed by atoms with Gasteiger partial charge in [0.1, 0.15) is 0 Å². The Hall–Kier alpha value is -2.22. The van der Waals surface area contributed by atoms with Crippen molar-refractivity contribution in [2.24, 2.45) is 0 Å². The minimum absolute atomic E-state index is 0.000369. The smallest absolute Gasteiger partial charge is 0.194 e. The van der Waals surface area contributed by atoms with Gasteiger partial charge < -0.3 is 0 Å². The van der Waals surface area contributed by atoms with E-state index in [1.165, 1.54) is 0 Å². The Bertz CT molecular complexity index is 756. The predicted octanol–water partition coefficient (Wildman–Crippen LogP) is 4.50. The molecule has 0 amide bonds. The number of fused-ring (bicyclic) bond motifs is 2. The summed E-state index contributed by atoms with van der Waals surface area (Å²) in [6, 6.07) is 11.1. The number of benzene rings is 2. The van der Waals surface area contributed by atoms with Crippen molar-refractivity contribution in [3.8, 4) is 0 Å². The molecule has 2 heteroatoms. The lowest BCUT2D eigenvalue weighted by Crippen LogP contribution is -2.23. The van der Waals surface area contributed by atoms with Gasteiger partial charge in [-0.25, -0.2) is 0 Å². The van der Waals surface area contributed by atoms with Crippen LogP contribution >= 0.6 is 0 Å². The van der Waals surface area contributed by atoms with Gasteiger partial charge >= 0.3 is 0 Å². The second-order valence-electron chi connectivity index (χ2n) is 5.95. The van der Waals surface area contributed by atoms with Gasteiger partial charge in [0.15, 0.2) is 11.6 Å². The zero-order valence-electron chi connectivity index (χ0n) is 13.1. The molecule has 22 heavy (non-hydrogen) atoms. The third-order valence-corrected chi connectivity index (χ3v) is 4.42. The topological polar surface area (TPSA) is 34.1 Å². The SMILES string of the molecule is CCCCCc1ccc(C)c2c1C(=O)c1ccccc1C2=O. The highest BCUT2D eigenvalue weighted by atomic mass is 16.1. The number of unbranched alkanes of at least 4 members (excludes halogenated alkanes) is 2. The van der Waals surface area contributed by atoms with Crippen molar-refractivity contribution in [3.63, 3.8) is 0 Å². The first-order valence-corrected chi connectivity index (χ1v) is 7.96. The van der Waals surface area contributed by atoms with Crippen molar-refractivity contribution in [1.82, 2.24) is 0 Å². The lowest BCUT2D eigenvalue weighted by Gasteiger charge is -2.22. The molecule has 112 valence electrons. The fraction of sp³-hybridized carbons (Fsp3) is 0.300. The summed E-state index contributed by atoms with van der Waals surface area (Å²) in [4.78, 5) is 25.7. The summed E-state index contributed by atoms with van der Waals surface area (Å²) in [5.41, 5.74) is 4.23. The first-order valence-electron chi connectivity index (χ1n) is 7.96. The van der Waals surface area contributed by atoms with E-state index in [1.54, 1.807) is 12.1 Å². The molecule has 3 rings (SSSR count). The van der Waals surface area contributed by atoms with Crippen LogP contribution in [0, 0.1) is 6.92 Å². The normalized spacial score (nSPS) is 13.0. The largest absolute Gasteiger partial charge is 0.289 e. The molecule has 0 aliphatic heterocycles. The molecule has 0 heterocycles. The van der Waals surface area contributed by atoms with Crippen LogP contribution in [0.3, 0.4) is 0 Å². The number of carbonyl (C=O) groups is 2. The summed E-state index contributed by atoms with van der Waals surface area (Å²) in [5, 5.41) is 0. The number of aryl methyl sites for hydroxylation is 2. The molecule has 0 unspecified atom stereocenters. The molecule has 1 aliphatic carbocycles. The van der Waals surface area contributed by atoms with E-state index in [1.807, 2.05) is 31.2 Å². The Morgan fingerprint density at radius 3 is 2.09 bits per heavy atom. The first-order chi connectivity index (χ1) is 10.6. The molecule has 0 bridgehead atoms. The summed E-state index contributed by atoms with van der Waals surface area (Å²) >= 11 is 0. The molecule has 0 saturated heterocycles. The van der Waals surface area contributed by atoms with E-state index in [2.05, 4.69) is 6.92 Å². The van der Waals surface area contributed by atoms with Crippen LogP contribution in [0.4, 0.5) is 0 Å². The van der Waals surface area contributed by atoms with Crippen molar-refractivity contribution in [1.29, 1.82) is 0 Å². The van der Waals surface area contributed by atoms with Crippen molar-refractivity contribution in [2.45, 2.75) is 39.5 Å². The van der Waals surface area contributed by atoms with E-state index in [-0.39, 0.29) is 11.6 Å². The molecule has 2 aromatic carbocycles. The molecule has 2 nitrogen and oxygen atoms in total. The summed E-state index contributed by atoms with van der Waals surface area (Å²) < 4.78 is 0. The quantitative estimate of drug-likeness (QED) is 0.663. The van der Waals surface area contributed by atoms with Crippen LogP contribution in [0.25, 0.3) is 0 Å². The number of hydrogen-bond donors (Lipinski definition) is 0. The predicted molar refractivity (Wildman–Crippen MR) is 87.7 cm³/mol. The highest BCUT2D eigenvalue weighted by Gasteiger charge is 2.32. The summed E-state index contributed by atoms with van der Waals surface area (Å²) in [6.45, 7) is 4.07. The van der Waals surface area contributed by atoms with Crippen LogP contribution in [-0.4, -0.2) is 11.6 Å². The molecular weight excluding hydrogens is 272 g/mol. The minimum atomic E-state index is -0.0139. The minimum Gasteiger partial charge on any atom is -0.289 e. The maximum absolute atomic E-state index is 12.9. The van der Waals surface area contributed by atoms with Gasteiger partial charge in [0.25, 0.3) is 0 Å². The van der Waals surface area contributed by atoms with Crippen molar-refractivity contribution in [2.75, 3.05) is 0 Å². The number of carbonyl (C=O) groups excluding carboxylic acids is 2. The average Bonchev–Trinajstić information content (AvgIpc) is 2.54. The van der Waals surface area contributed by atoms with Gasteiger partial charge in [-0.2, -0.15) is 0 Å². The molecular formula is C20H20O2. The number of rotatable bonds is 4. The third kappa shape index (κ3) is 2.29. The standard InChI is InChI=1S/C20H20O2/c1-3-4-5-8-14-12-11-13(2)17-18(14)20(22)16-10-7-6-9-15(16)19(17)21/h6-7,9-12H,3-5,8H2,1-2H3. The summed E-state index contributed by atoms with van der Waals surface area (Å²) in [5.74, 6) is -0.0135. The molecule has 0 fully saturated rings. The number of hydrogen-bond acceptors (Lipinski definition) is 2. The van der Waals surface area contributed by atoms with Crippen molar-refractivity contribution >= 4 is 11.6 Å². The summed E-state index contributed by atoms with van der Waals surface area (Å²) in [7, 11) is 0. The van der Waals surface area contributed by atoms with Gasteiger partial charge in [-0.3, -0.25) is 9.59 Å². The molecule has 0 radical (unpaired) electrons. The van der Waals surface area contributed by atoms with E-state index in [9.17, 15) is 9.59 Å². The molecule has 0 atom stereocenters. The fourth-order valence-corrected chi connectivity index (χ4v) is 3.22. The van der Waals surface area contributed by atoms with Gasteiger partial charge in [-0.05, 0) is 30.9 Å². The van der Waals surface area contributed by atoms with Gasteiger partial charge in [-0.1, -0.05) is 56.2 Å². The van der Waals surface area contributed by atoms with E-state index in [0.29, 0.717) is 22.3 Å². The van der Waals surface area contributed by atoms with Crippen LogP contribution in [0.15, 0.2) is 36.4 Å². The Balaban J connectivity index is 2.14. The molecule has 0 saturated carbocycles. The average molecular weight is 292 g/mol. The molecule has 0 aromatic heterocycles. The molecule has 0 spiro atoms. The van der Waals surface area contributed by atoms with E-state index < -0.39 is 0 Å². The maximum Gasteiger partial charge on any atom is 0.194 e. The Kier molecular flexibility index (Phi) is 3.93. The van der Waals surface area contributed by atoms with E-state index in [0.717, 1.165) is 36.8 Å². The zero-order chi connectivity index (χ0) is 15.7. The highest BCUT2D eigenvalue weighted by Crippen LogP contribution is 2.32. The van der Waals surface area contributed by atoms with Crippen molar-refractivity contribution in [3.05, 3.63) is 69.8 Å². The monoisotopic (exact) mass is 292 g/mol. The second kappa shape index (κ2) is 5.88. The lowest BCUT2D eigenvalue weighted by molar-refractivity contribution is 0.0977. The van der Waals surface area contributed by atoms with Crippen LogP contribution in [0.2, 0.25) is 0 Å². The first kappa shape index (κ1) is 14.7. The zero-order valence-corrected chi connectivity index (χ0v) is 13.1. The Labute approximate surface area is 131 Å². The third-order valence-electron chi connectivity index (χ3n) is 4.42. The van der Waals surface area contributed by atoms with E-state index in [4.69, 9.17) is 0 Å². The maximum atomic E-state index is 12.9. The molecule has 2 aromatic rings. The lowest BCUT2D eigenvalue weighted by atomic mass is 9.79. The summed E-state index contributed by atoms with van der Waals surface area (Å²) in [6.07, 6.45) is 4.19. The Morgan fingerprint density at radius 2 is 1.45 bits per heavy atom. The van der Waals surface area contributed by atoms with Gasteiger partial charge in [0.2, 0.25) is 0 Å². The number of ketones is 2. The highest BCUT2D eigenvalue weighted by molar-refractivity contribution is 6.29. The molecule has 1 aliphatic rings. The van der Waals surface area contributed by atoms with Gasteiger partial charge in [0, 0.05) is 22.3 Å². The van der Waals surface area contributed by atoms with Crippen LogP contribution in [-0.2, 0) is 6.42 Å². The fourth-order valence-electron chi connectivity index (χ4n) is 3.22. The van der Waals surface area contributed by atoms with Gasteiger partial charge in [-0.15, -0.1) is 0 Å². The second-order valence-corrected chi connectivity index (χ2v) is 5.95. The molecule has 0 N–H and O–H groups in total. The van der Waals surface area contributed by atoms with Crippen molar-refractivity contribution < 1.29 is 9.59 Å². The van der Waals surface area contributed by atoms with Crippen LogP contribution < -0.4 is 0 Å². The van der Waals surface area contributed by atoms with Gasteiger partial charge in [0.05, 0.1) is 0 Å². The van der Waals surface area contributed by atoms with Crippen LogP contribution in [0.5, 0.6) is 0 Å². The van der Waals surface area contributed by atoms with Crippen LogP contribution in [0.1, 0.15) is 69.2 Å². The Morgan fingerprint density at radius 1 is 0.818 bits per heavy atom. The van der Waals surface area contributed by atoms with E-state index >= 15 is 0 Å².